The van der Waals surface area contributed by atoms with E-state index in [0.717, 1.165) is 19.5 Å². The van der Waals surface area contributed by atoms with Gasteiger partial charge in [0, 0.05) is 32.0 Å². The average Bonchev–Trinajstić information content (AvgIpc) is 2.29. The summed E-state index contributed by atoms with van der Waals surface area (Å²) in [5.74, 6) is -2.40. The number of halogens is 2. The molecule has 1 atom stereocenters. The molecular weight excluding hydrogens is 210 g/mol. The molecule has 0 aliphatic carbocycles. The fraction of sp³-hybridized carbons (Fsp3) is 1.00. The van der Waals surface area contributed by atoms with Crippen LogP contribution < -0.4 is 5.32 Å². The third kappa shape index (κ3) is 3.67. The summed E-state index contributed by atoms with van der Waals surface area (Å²) >= 11 is 0. The molecule has 2 heterocycles. The van der Waals surface area contributed by atoms with Crippen LogP contribution in [0.2, 0.25) is 0 Å². The maximum Gasteiger partial charge on any atom is 0.250 e. The van der Waals surface area contributed by atoms with E-state index in [0.29, 0.717) is 19.1 Å². The van der Waals surface area contributed by atoms with Crippen molar-refractivity contribution in [3.63, 3.8) is 0 Å². The van der Waals surface area contributed by atoms with Gasteiger partial charge in [0.05, 0.1) is 0 Å². The van der Waals surface area contributed by atoms with Crippen molar-refractivity contribution < 1.29 is 8.78 Å². The molecule has 2 aliphatic rings. The zero-order valence-electron chi connectivity index (χ0n) is 9.85. The first-order valence-electron chi connectivity index (χ1n) is 6.49. The van der Waals surface area contributed by atoms with Crippen LogP contribution in [-0.4, -0.2) is 43.0 Å². The van der Waals surface area contributed by atoms with E-state index in [-0.39, 0.29) is 12.8 Å². The highest BCUT2D eigenvalue weighted by Crippen LogP contribution is 2.27. The van der Waals surface area contributed by atoms with Crippen molar-refractivity contribution in [2.24, 2.45) is 0 Å². The molecular formula is C12H22F2N2. The van der Waals surface area contributed by atoms with Crippen molar-refractivity contribution in [1.82, 2.24) is 10.2 Å². The summed E-state index contributed by atoms with van der Waals surface area (Å²) in [7, 11) is 0. The summed E-state index contributed by atoms with van der Waals surface area (Å²) in [6, 6.07) is 0.621. The number of rotatable bonds is 3. The molecule has 0 aromatic rings. The van der Waals surface area contributed by atoms with Gasteiger partial charge in [0.25, 0.3) is 5.92 Å². The van der Waals surface area contributed by atoms with Gasteiger partial charge < -0.3 is 10.2 Å². The van der Waals surface area contributed by atoms with Crippen LogP contribution in [0.25, 0.3) is 0 Å². The second kappa shape index (κ2) is 5.41. The Labute approximate surface area is 96.4 Å². The lowest BCUT2D eigenvalue weighted by Crippen LogP contribution is -2.42. The van der Waals surface area contributed by atoms with Crippen LogP contribution in [0.3, 0.4) is 0 Å². The smallest absolute Gasteiger partial charge is 0.250 e. The number of hydrogen-bond acceptors (Lipinski definition) is 2. The molecule has 1 N–H and O–H groups in total. The van der Waals surface area contributed by atoms with Crippen LogP contribution in [0.5, 0.6) is 0 Å². The number of hydrogen-bond donors (Lipinski definition) is 1. The van der Waals surface area contributed by atoms with Crippen molar-refractivity contribution in [1.29, 1.82) is 0 Å². The lowest BCUT2D eigenvalue weighted by molar-refractivity contribution is -0.0555. The highest BCUT2D eigenvalue weighted by atomic mass is 19.3. The molecule has 0 radical (unpaired) electrons. The SMILES string of the molecule is FC1(F)CCN(CCC2CCCCN2)CC1. The number of likely N-dealkylation sites (tertiary alicyclic amines) is 1. The lowest BCUT2D eigenvalue weighted by Gasteiger charge is -2.33. The van der Waals surface area contributed by atoms with Crippen LogP contribution in [0, 0.1) is 0 Å². The van der Waals surface area contributed by atoms with E-state index < -0.39 is 5.92 Å². The molecule has 0 aromatic heterocycles. The Kier molecular flexibility index (Phi) is 4.14. The minimum Gasteiger partial charge on any atom is -0.314 e. The van der Waals surface area contributed by atoms with Crippen molar-refractivity contribution in [2.75, 3.05) is 26.2 Å². The largest absolute Gasteiger partial charge is 0.314 e. The van der Waals surface area contributed by atoms with Gasteiger partial charge in [-0.3, -0.25) is 0 Å². The Morgan fingerprint density at radius 3 is 2.56 bits per heavy atom. The molecule has 1 unspecified atom stereocenters. The van der Waals surface area contributed by atoms with E-state index in [2.05, 4.69) is 10.2 Å². The van der Waals surface area contributed by atoms with Crippen LogP contribution in [0.4, 0.5) is 8.78 Å². The zero-order chi connectivity index (χ0) is 11.4. The van der Waals surface area contributed by atoms with Gasteiger partial charge in [-0.05, 0) is 32.4 Å². The average molecular weight is 232 g/mol. The van der Waals surface area contributed by atoms with E-state index in [1.807, 2.05) is 0 Å². The second-order valence-electron chi connectivity index (χ2n) is 5.13. The van der Waals surface area contributed by atoms with Crippen LogP contribution in [0.1, 0.15) is 38.5 Å². The topological polar surface area (TPSA) is 15.3 Å². The first-order valence-corrected chi connectivity index (χ1v) is 6.49. The number of piperidine rings is 2. The van der Waals surface area contributed by atoms with Crippen LogP contribution in [0.15, 0.2) is 0 Å². The van der Waals surface area contributed by atoms with Gasteiger partial charge in [-0.25, -0.2) is 8.78 Å². The summed E-state index contributed by atoms with van der Waals surface area (Å²) in [6.45, 7) is 3.25. The molecule has 2 nitrogen and oxygen atoms in total. The van der Waals surface area contributed by atoms with Gasteiger partial charge in [-0.1, -0.05) is 6.42 Å². The third-order valence-corrected chi connectivity index (χ3v) is 3.79. The van der Waals surface area contributed by atoms with E-state index in [9.17, 15) is 8.78 Å². The first kappa shape index (κ1) is 12.2. The van der Waals surface area contributed by atoms with Gasteiger partial charge in [0.1, 0.15) is 0 Å². The van der Waals surface area contributed by atoms with Crippen LogP contribution >= 0.6 is 0 Å². The molecule has 0 spiro atoms. The maximum absolute atomic E-state index is 12.9. The highest BCUT2D eigenvalue weighted by Gasteiger charge is 2.33. The van der Waals surface area contributed by atoms with Gasteiger partial charge in [-0.2, -0.15) is 0 Å². The molecule has 4 heteroatoms. The summed E-state index contributed by atoms with van der Waals surface area (Å²) < 4.78 is 25.9. The monoisotopic (exact) mass is 232 g/mol. The Hall–Kier alpha value is -0.220. The highest BCUT2D eigenvalue weighted by molar-refractivity contribution is 4.79. The minimum atomic E-state index is -2.40. The summed E-state index contributed by atoms with van der Waals surface area (Å²) in [5.41, 5.74) is 0. The predicted octanol–water partition coefficient (Wildman–Crippen LogP) is 2.25. The first-order chi connectivity index (χ1) is 7.66. The molecule has 2 saturated heterocycles. The Balaban J connectivity index is 1.63. The molecule has 2 aliphatic heterocycles. The minimum absolute atomic E-state index is 0.0467. The van der Waals surface area contributed by atoms with Crippen molar-refractivity contribution in [3.05, 3.63) is 0 Å². The van der Waals surface area contributed by atoms with E-state index in [4.69, 9.17) is 0 Å². The molecule has 16 heavy (non-hydrogen) atoms. The predicted molar refractivity (Wildman–Crippen MR) is 60.9 cm³/mol. The van der Waals surface area contributed by atoms with Gasteiger partial charge >= 0.3 is 0 Å². The Bertz CT molecular complexity index is 205. The fourth-order valence-electron chi connectivity index (χ4n) is 2.61. The summed E-state index contributed by atoms with van der Waals surface area (Å²) in [6.07, 6.45) is 5.06. The Morgan fingerprint density at radius 2 is 1.94 bits per heavy atom. The molecule has 0 bridgehead atoms. The molecule has 0 saturated carbocycles. The van der Waals surface area contributed by atoms with Crippen molar-refractivity contribution >= 4 is 0 Å². The van der Waals surface area contributed by atoms with Crippen molar-refractivity contribution in [3.8, 4) is 0 Å². The number of nitrogens with one attached hydrogen (secondary N) is 1. The van der Waals surface area contributed by atoms with E-state index in [1.165, 1.54) is 19.3 Å². The fourth-order valence-corrected chi connectivity index (χ4v) is 2.61. The van der Waals surface area contributed by atoms with Crippen molar-refractivity contribution in [2.45, 2.75) is 50.5 Å². The zero-order valence-corrected chi connectivity index (χ0v) is 9.85. The quantitative estimate of drug-likeness (QED) is 0.803. The molecule has 0 aromatic carbocycles. The number of nitrogens with zero attached hydrogens (tertiary/aromatic N) is 1. The van der Waals surface area contributed by atoms with Gasteiger partial charge in [0.2, 0.25) is 0 Å². The van der Waals surface area contributed by atoms with Crippen LogP contribution in [-0.2, 0) is 0 Å². The second-order valence-corrected chi connectivity index (χ2v) is 5.13. The normalized spacial score (nSPS) is 31.5. The molecule has 2 fully saturated rings. The third-order valence-electron chi connectivity index (χ3n) is 3.79. The maximum atomic E-state index is 12.9. The van der Waals surface area contributed by atoms with E-state index >= 15 is 0 Å². The van der Waals surface area contributed by atoms with Gasteiger partial charge in [0.15, 0.2) is 0 Å². The Morgan fingerprint density at radius 1 is 1.19 bits per heavy atom. The van der Waals surface area contributed by atoms with E-state index in [1.54, 1.807) is 0 Å². The summed E-state index contributed by atoms with van der Waals surface area (Å²) in [5, 5.41) is 3.50. The number of alkyl halides is 2. The standard InChI is InChI=1S/C12H22F2N2/c13-12(14)5-9-16(10-6-12)8-4-11-3-1-2-7-15-11/h11,15H,1-10H2. The molecule has 94 valence electrons. The lowest BCUT2D eigenvalue weighted by atomic mass is 10.0. The summed E-state index contributed by atoms with van der Waals surface area (Å²) in [4.78, 5) is 2.19. The molecule has 0 amide bonds. The van der Waals surface area contributed by atoms with Gasteiger partial charge in [-0.15, -0.1) is 0 Å². The molecule has 2 rings (SSSR count).